The quantitative estimate of drug-likeness (QED) is 0.889. The molecule has 2 aromatic rings. The number of hydrogen-bond acceptors (Lipinski definition) is 2. The molecule has 0 atom stereocenters. The zero-order valence-electron chi connectivity index (χ0n) is 8.49. The number of halogens is 1. The van der Waals surface area contributed by atoms with Gasteiger partial charge in [0.05, 0.1) is 17.6 Å². The Morgan fingerprint density at radius 2 is 2.25 bits per heavy atom. The zero-order valence-corrected chi connectivity index (χ0v) is 10.1. The van der Waals surface area contributed by atoms with E-state index in [0.29, 0.717) is 4.47 Å². The van der Waals surface area contributed by atoms with Gasteiger partial charge in [0.25, 0.3) is 0 Å². The summed E-state index contributed by atoms with van der Waals surface area (Å²) in [5, 5.41) is 9.00. The summed E-state index contributed by atoms with van der Waals surface area (Å²) in [6, 6.07) is 5.15. The largest absolute Gasteiger partial charge is 0.478 e. The molecule has 0 fully saturated rings. The first-order chi connectivity index (χ1) is 7.59. The highest BCUT2D eigenvalue weighted by Crippen LogP contribution is 2.25. The molecule has 0 bridgehead atoms. The minimum Gasteiger partial charge on any atom is -0.478 e. The number of nitrogens with zero attached hydrogens (tertiary/aromatic N) is 1. The molecule has 1 aromatic carbocycles. The summed E-state index contributed by atoms with van der Waals surface area (Å²) in [5.74, 6) is -0.957. The maximum atomic E-state index is 11.0. The normalized spacial score (nSPS) is 10.4. The third kappa shape index (κ3) is 1.86. The van der Waals surface area contributed by atoms with Gasteiger partial charge in [0.1, 0.15) is 0 Å². The van der Waals surface area contributed by atoms with Crippen LogP contribution >= 0.6 is 15.9 Å². The van der Waals surface area contributed by atoms with E-state index >= 15 is 0 Å². The maximum Gasteiger partial charge on any atom is 0.336 e. The first-order valence-corrected chi connectivity index (χ1v) is 5.42. The summed E-state index contributed by atoms with van der Waals surface area (Å²) in [6.45, 7) is 1.89. The van der Waals surface area contributed by atoms with Crippen molar-refractivity contribution in [3.8, 4) is 11.3 Å². The SMILES string of the molecule is Cc1[nH]cnc1-c1ccc(Br)c(C(=O)O)c1. The molecule has 4 nitrogen and oxygen atoms in total. The molecule has 2 rings (SSSR count). The molecule has 0 saturated carbocycles. The Morgan fingerprint density at radius 1 is 1.50 bits per heavy atom. The van der Waals surface area contributed by atoms with Gasteiger partial charge < -0.3 is 10.1 Å². The molecule has 1 heterocycles. The Labute approximate surface area is 100 Å². The number of aromatic nitrogens is 2. The predicted octanol–water partition coefficient (Wildman–Crippen LogP) is 2.85. The molecule has 0 aliphatic carbocycles. The molecule has 16 heavy (non-hydrogen) atoms. The standard InChI is InChI=1S/C11H9BrN2O2/c1-6-10(14-5-13-6)7-2-3-9(12)8(4-7)11(15)16/h2-5H,1H3,(H,13,14)(H,15,16). The van der Waals surface area contributed by atoms with Crippen molar-refractivity contribution >= 4 is 21.9 Å². The first-order valence-electron chi connectivity index (χ1n) is 4.63. The highest BCUT2D eigenvalue weighted by atomic mass is 79.9. The average molecular weight is 281 g/mol. The number of imidazole rings is 1. The van der Waals surface area contributed by atoms with Gasteiger partial charge in [-0.25, -0.2) is 9.78 Å². The van der Waals surface area contributed by atoms with Crippen LogP contribution in [-0.4, -0.2) is 21.0 Å². The fraction of sp³-hybridized carbons (Fsp3) is 0.0909. The number of H-pyrrole nitrogens is 1. The number of carboxylic acid groups (broad SMARTS) is 1. The van der Waals surface area contributed by atoms with Crippen LogP contribution in [0.4, 0.5) is 0 Å². The predicted molar refractivity (Wildman–Crippen MR) is 63.4 cm³/mol. The Morgan fingerprint density at radius 3 is 2.81 bits per heavy atom. The zero-order chi connectivity index (χ0) is 11.7. The van der Waals surface area contributed by atoms with Gasteiger partial charge in [-0.05, 0) is 35.0 Å². The van der Waals surface area contributed by atoms with Gasteiger partial charge in [0, 0.05) is 15.7 Å². The lowest BCUT2D eigenvalue weighted by atomic mass is 10.1. The van der Waals surface area contributed by atoms with E-state index in [1.54, 1.807) is 18.5 Å². The summed E-state index contributed by atoms with van der Waals surface area (Å²) in [5.41, 5.74) is 2.72. The average Bonchev–Trinajstić information content (AvgIpc) is 2.65. The molecule has 5 heteroatoms. The van der Waals surface area contributed by atoms with Gasteiger partial charge in [-0.2, -0.15) is 0 Å². The van der Waals surface area contributed by atoms with Crippen LogP contribution in [0.25, 0.3) is 11.3 Å². The lowest BCUT2D eigenvalue weighted by Gasteiger charge is -2.03. The number of carboxylic acids is 1. The molecule has 1 aromatic heterocycles. The van der Waals surface area contributed by atoms with E-state index in [4.69, 9.17) is 5.11 Å². The van der Waals surface area contributed by atoms with Gasteiger partial charge in [-0.15, -0.1) is 0 Å². The molecule has 0 spiro atoms. The molecule has 0 amide bonds. The van der Waals surface area contributed by atoms with Crippen LogP contribution in [0.1, 0.15) is 16.1 Å². The molecule has 0 aliphatic rings. The summed E-state index contributed by atoms with van der Waals surface area (Å²) in [4.78, 5) is 18.1. The van der Waals surface area contributed by atoms with E-state index in [9.17, 15) is 4.79 Å². The van der Waals surface area contributed by atoms with Crippen molar-refractivity contribution in [3.05, 3.63) is 40.3 Å². The molecule has 0 aliphatic heterocycles. The van der Waals surface area contributed by atoms with Crippen LogP contribution in [0.2, 0.25) is 0 Å². The molecule has 0 unspecified atom stereocenters. The number of aromatic carboxylic acids is 1. The van der Waals surface area contributed by atoms with Crippen molar-refractivity contribution in [2.75, 3.05) is 0 Å². The minimum atomic E-state index is -0.957. The number of rotatable bonds is 2. The number of nitrogens with one attached hydrogen (secondary N) is 1. The minimum absolute atomic E-state index is 0.236. The van der Waals surface area contributed by atoms with Crippen LogP contribution in [0.15, 0.2) is 29.0 Å². The van der Waals surface area contributed by atoms with Gasteiger partial charge in [0.2, 0.25) is 0 Å². The molecular formula is C11H9BrN2O2. The van der Waals surface area contributed by atoms with Crippen molar-refractivity contribution < 1.29 is 9.90 Å². The fourth-order valence-corrected chi connectivity index (χ4v) is 1.90. The molecule has 0 saturated heterocycles. The Bertz CT molecular complexity index is 549. The molecule has 0 radical (unpaired) electrons. The molecular weight excluding hydrogens is 272 g/mol. The topological polar surface area (TPSA) is 66.0 Å². The number of benzene rings is 1. The summed E-state index contributed by atoms with van der Waals surface area (Å²) in [7, 11) is 0. The number of aryl methyl sites for hydroxylation is 1. The second-order valence-electron chi connectivity index (χ2n) is 3.38. The third-order valence-electron chi connectivity index (χ3n) is 2.30. The van der Waals surface area contributed by atoms with Crippen LogP contribution in [-0.2, 0) is 0 Å². The Balaban J connectivity index is 2.56. The molecule has 82 valence electrons. The number of aromatic amines is 1. The van der Waals surface area contributed by atoms with Gasteiger partial charge >= 0.3 is 5.97 Å². The van der Waals surface area contributed by atoms with Crippen LogP contribution in [0, 0.1) is 6.92 Å². The van der Waals surface area contributed by atoms with E-state index in [1.807, 2.05) is 13.0 Å². The summed E-state index contributed by atoms with van der Waals surface area (Å²) >= 11 is 3.20. The van der Waals surface area contributed by atoms with E-state index in [2.05, 4.69) is 25.9 Å². The summed E-state index contributed by atoms with van der Waals surface area (Å²) in [6.07, 6.45) is 1.59. The number of carbonyl (C=O) groups is 1. The fourth-order valence-electron chi connectivity index (χ4n) is 1.49. The van der Waals surface area contributed by atoms with E-state index in [0.717, 1.165) is 17.0 Å². The van der Waals surface area contributed by atoms with Crippen LogP contribution in [0.3, 0.4) is 0 Å². The van der Waals surface area contributed by atoms with Gasteiger partial charge in [-0.3, -0.25) is 0 Å². The number of hydrogen-bond donors (Lipinski definition) is 2. The monoisotopic (exact) mass is 280 g/mol. The highest BCUT2D eigenvalue weighted by Gasteiger charge is 2.11. The van der Waals surface area contributed by atoms with E-state index in [-0.39, 0.29) is 5.56 Å². The van der Waals surface area contributed by atoms with Crippen molar-refractivity contribution in [3.63, 3.8) is 0 Å². The molecule has 2 N–H and O–H groups in total. The maximum absolute atomic E-state index is 11.0. The summed E-state index contributed by atoms with van der Waals surface area (Å²) < 4.78 is 0.567. The van der Waals surface area contributed by atoms with Crippen molar-refractivity contribution in [2.24, 2.45) is 0 Å². The van der Waals surface area contributed by atoms with Crippen molar-refractivity contribution in [1.29, 1.82) is 0 Å². The van der Waals surface area contributed by atoms with E-state index < -0.39 is 5.97 Å². The Hall–Kier alpha value is -1.62. The Kier molecular flexibility index (Phi) is 2.78. The second kappa shape index (κ2) is 4.09. The lowest BCUT2D eigenvalue weighted by molar-refractivity contribution is 0.0696. The highest BCUT2D eigenvalue weighted by molar-refractivity contribution is 9.10. The van der Waals surface area contributed by atoms with Gasteiger partial charge in [0.15, 0.2) is 0 Å². The third-order valence-corrected chi connectivity index (χ3v) is 2.99. The van der Waals surface area contributed by atoms with Crippen molar-refractivity contribution in [2.45, 2.75) is 6.92 Å². The van der Waals surface area contributed by atoms with Gasteiger partial charge in [-0.1, -0.05) is 6.07 Å². The van der Waals surface area contributed by atoms with Crippen LogP contribution in [0.5, 0.6) is 0 Å². The smallest absolute Gasteiger partial charge is 0.336 e. The van der Waals surface area contributed by atoms with Crippen LogP contribution < -0.4 is 0 Å². The lowest BCUT2D eigenvalue weighted by Crippen LogP contribution is -1.98. The first kappa shape index (κ1) is 10.9. The van der Waals surface area contributed by atoms with E-state index in [1.165, 1.54) is 0 Å². The second-order valence-corrected chi connectivity index (χ2v) is 4.23. The van der Waals surface area contributed by atoms with Crippen molar-refractivity contribution in [1.82, 2.24) is 9.97 Å².